The highest BCUT2D eigenvalue weighted by molar-refractivity contribution is 6.30. The number of benzene rings is 2. The number of halogens is 1. The minimum atomic E-state index is -0.583. The van der Waals surface area contributed by atoms with Crippen LogP contribution in [0.4, 0.5) is 5.69 Å². The Morgan fingerprint density at radius 3 is 2.62 bits per heavy atom. The zero-order valence-corrected chi connectivity index (χ0v) is 13.9. The third-order valence-corrected chi connectivity index (χ3v) is 4.34. The van der Waals surface area contributed by atoms with Gasteiger partial charge in [0.25, 0.3) is 5.91 Å². The van der Waals surface area contributed by atoms with Crippen molar-refractivity contribution in [2.75, 3.05) is 18.1 Å². The molecule has 0 bridgehead atoms. The molecule has 2 aromatic rings. The Hall–Kier alpha value is -2.40. The molecule has 0 radical (unpaired) electrons. The quantitative estimate of drug-likeness (QED) is 0.794. The molecule has 0 N–H and O–H groups in total. The molecule has 2 aromatic carbocycles. The van der Waals surface area contributed by atoms with Gasteiger partial charge in [-0.2, -0.15) is 0 Å². The second-order valence-electron chi connectivity index (χ2n) is 5.76. The van der Waals surface area contributed by atoms with E-state index in [0.717, 1.165) is 11.3 Å². The van der Waals surface area contributed by atoms with Crippen molar-refractivity contribution in [1.82, 2.24) is 0 Å². The maximum absolute atomic E-state index is 12.8. The maximum atomic E-state index is 12.8. The van der Waals surface area contributed by atoms with Crippen molar-refractivity contribution in [3.8, 4) is 17.2 Å². The van der Waals surface area contributed by atoms with Crippen LogP contribution in [0.5, 0.6) is 17.2 Å². The molecule has 24 heavy (non-hydrogen) atoms. The first-order valence-electron chi connectivity index (χ1n) is 7.78. The van der Waals surface area contributed by atoms with Crippen LogP contribution in [-0.4, -0.2) is 25.2 Å². The number of hydrogen-bond donors (Lipinski definition) is 0. The lowest BCUT2D eigenvalue weighted by Crippen LogP contribution is -2.38. The van der Waals surface area contributed by atoms with E-state index in [9.17, 15) is 4.79 Å². The lowest BCUT2D eigenvalue weighted by atomic mass is 10.1. The standard InChI is InChI=1S/C18H16ClNO4/c1-11-18(21)20(10-12-8-13(19)2-4-15(12)24-11)14-3-5-16-17(9-14)23-7-6-22-16/h2-5,8-9,11H,6-7,10H2,1H3. The first kappa shape index (κ1) is 15.1. The van der Waals surface area contributed by atoms with Gasteiger partial charge in [0, 0.05) is 22.3 Å². The number of hydrogen-bond acceptors (Lipinski definition) is 4. The average Bonchev–Trinajstić information content (AvgIpc) is 2.72. The van der Waals surface area contributed by atoms with Crippen LogP contribution < -0.4 is 19.1 Å². The monoisotopic (exact) mass is 345 g/mol. The largest absolute Gasteiger partial charge is 0.486 e. The molecule has 0 fully saturated rings. The zero-order valence-electron chi connectivity index (χ0n) is 13.1. The molecule has 6 heteroatoms. The van der Waals surface area contributed by atoms with Crippen LogP contribution in [0.2, 0.25) is 5.02 Å². The van der Waals surface area contributed by atoms with Crippen LogP contribution in [0.15, 0.2) is 36.4 Å². The summed E-state index contributed by atoms with van der Waals surface area (Å²) >= 11 is 6.10. The minimum Gasteiger partial charge on any atom is -0.486 e. The second kappa shape index (κ2) is 5.91. The Bertz CT molecular complexity index is 808. The van der Waals surface area contributed by atoms with E-state index in [1.54, 1.807) is 24.0 Å². The van der Waals surface area contributed by atoms with E-state index in [1.165, 1.54) is 0 Å². The Morgan fingerprint density at radius 1 is 1.04 bits per heavy atom. The summed E-state index contributed by atoms with van der Waals surface area (Å²) in [4.78, 5) is 14.4. The van der Waals surface area contributed by atoms with Crippen molar-refractivity contribution >= 4 is 23.2 Å². The van der Waals surface area contributed by atoms with Crippen LogP contribution in [0.1, 0.15) is 12.5 Å². The van der Waals surface area contributed by atoms with Crippen LogP contribution in [0.25, 0.3) is 0 Å². The molecule has 2 heterocycles. The first-order chi connectivity index (χ1) is 11.6. The van der Waals surface area contributed by atoms with Crippen molar-refractivity contribution in [3.05, 3.63) is 47.0 Å². The van der Waals surface area contributed by atoms with Crippen molar-refractivity contribution in [3.63, 3.8) is 0 Å². The number of fused-ring (bicyclic) bond motifs is 2. The summed E-state index contributed by atoms with van der Waals surface area (Å²) < 4.78 is 16.9. The van der Waals surface area contributed by atoms with Gasteiger partial charge < -0.3 is 19.1 Å². The third kappa shape index (κ3) is 2.65. The highest BCUT2D eigenvalue weighted by atomic mass is 35.5. The molecule has 2 aliphatic rings. The van der Waals surface area contributed by atoms with Crippen molar-refractivity contribution in [2.45, 2.75) is 19.6 Å². The fourth-order valence-corrected chi connectivity index (χ4v) is 3.11. The SMILES string of the molecule is CC1Oc2ccc(Cl)cc2CN(c2ccc3c(c2)OCCO3)C1=O. The van der Waals surface area contributed by atoms with Gasteiger partial charge >= 0.3 is 0 Å². The minimum absolute atomic E-state index is 0.112. The van der Waals surface area contributed by atoms with Gasteiger partial charge in [-0.05, 0) is 37.3 Å². The van der Waals surface area contributed by atoms with Crippen LogP contribution in [-0.2, 0) is 11.3 Å². The molecule has 0 saturated heterocycles. The summed E-state index contributed by atoms with van der Waals surface area (Å²) in [5, 5.41) is 0.612. The number of amides is 1. The highest BCUT2D eigenvalue weighted by Gasteiger charge is 2.29. The van der Waals surface area contributed by atoms with E-state index in [-0.39, 0.29) is 5.91 Å². The van der Waals surface area contributed by atoms with Crippen molar-refractivity contribution in [1.29, 1.82) is 0 Å². The van der Waals surface area contributed by atoms with Crippen molar-refractivity contribution < 1.29 is 19.0 Å². The number of carbonyl (C=O) groups is 1. The molecule has 0 aliphatic carbocycles. The molecular formula is C18H16ClNO4. The van der Waals surface area contributed by atoms with Gasteiger partial charge in [0.15, 0.2) is 17.6 Å². The van der Waals surface area contributed by atoms with E-state index in [0.29, 0.717) is 42.0 Å². The number of carbonyl (C=O) groups excluding carboxylic acids is 1. The number of anilines is 1. The molecular weight excluding hydrogens is 330 g/mol. The van der Waals surface area contributed by atoms with Gasteiger partial charge in [-0.25, -0.2) is 0 Å². The summed E-state index contributed by atoms with van der Waals surface area (Å²) in [6, 6.07) is 10.9. The van der Waals surface area contributed by atoms with Gasteiger partial charge in [0.2, 0.25) is 0 Å². The Morgan fingerprint density at radius 2 is 1.79 bits per heavy atom. The van der Waals surface area contributed by atoms with E-state index >= 15 is 0 Å². The molecule has 2 aliphatic heterocycles. The van der Waals surface area contributed by atoms with E-state index in [1.807, 2.05) is 24.3 Å². The molecule has 0 spiro atoms. The zero-order chi connectivity index (χ0) is 16.7. The van der Waals surface area contributed by atoms with Gasteiger partial charge in [-0.1, -0.05) is 11.6 Å². The molecule has 0 saturated carbocycles. The van der Waals surface area contributed by atoms with E-state index in [2.05, 4.69) is 0 Å². The second-order valence-corrected chi connectivity index (χ2v) is 6.20. The molecule has 1 amide bonds. The van der Waals surface area contributed by atoms with E-state index in [4.69, 9.17) is 25.8 Å². The molecule has 124 valence electrons. The van der Waals surface area contributed by atoms with E-state index < -0.39 is 6.10 Å². The summed E-state index contributed by atoms with van der Waals surface area (Å²) in [5.41, 5.74) is 1.61. The Kier molecular flexibility index (Phi) is 3.73. The normalized spacial score (nSPS) is 19.3. The lowest BCUT2D eigenvalue weighted by molar-refractivity contribution is -0.124. The number of ether oxygens (including phenoxy) is 3. The van der Waals surface area contributed by atoms with Gasteiger partial charge in [-0.3, -0.25) is 4.79 Å². The molecule has 1 unspecified atom stereocenters. The Balaban J connectivity index is 1.74. The molecule has 5 nitrogen and oxygen atoms in total. The van der Waals surface area contributed by atoms with Crippen molar-refractivity contribution in [2.24, 2.45) is 0 Å². The van der Waals surface area contributed by atoms with Crippen LogP contribution >= 0.6 is 11.6 Å². The van der Waals surface area contributed by atoms with Gasteiger partial charge in [0.1, 0.15) is 19.0 Å². The molecule has 1 atom stereocenters. The van der Waals surface area contributed by atoms with Gasteiger partial charge in [-0.15, -0.1) is 0 Å². The summed E-state index contributed by atoms with van der Waals surface area (Å²) in [5.74, 6) is 1.91. The fraction of sp³-hybridized carbons (Fsp3) is 0.278. The highest BCUT2D eigenvalue weighted by Crippen LogP contribution is 2.36. The smallest absolute Gasteiger partial charge is 0.268 e. The molecule has 4 rings (SSSR count). The summed E-state index contributed by atoms with van der Waals surface area (Å²) in [6.45, 7) is 3.17. The predicted molar refractivity (Wildman–Crippen MR) is 90.2 cm³/mol. The fourth-order valence-electron chi connectivity index (χ4n) is 2.91. The van der Waals surface area contributed by atoms with Crippen LogP contribution in [0.3, 0.4) is 0 Å². The predicted octanol–water partition coefficient (Wildman–Crippen LogP) is 3.43. The number of nitrogens with zero attached hydrogens (tertiary/aromatic N) is 1. The topological polar surface area (TPSA) is 48.0 Å². The Labute approximate surface area is 144 Å². The first-order valence-corrected chi connectivity index (χ1v) is 8.16. The third-order valence-electron chi connectivity index (χ3n) is 4.11. The van der Waals surface area contributed by atoms with Gasteiger partial charge in [0.05, 0.1) is 6.54 Å². The average molecular weight is 346 g/mol. The number of rotatable bonds is 1. The molecule has 0 aromatic heterocycles. The summed E-state index contributed by atoms with van der Waals surface area (Å²) in [6.07, 6.45) is -0.583. The maximum Gasteiger partial charge on any atom is 0.268 e. The summed E-state index contributed by atoms with van der Waals surface area (Å²) in [7, 11) is 0. The lowest BCUT2D eigenvalue weighted by Gasteiger charge is -2.25. The van der Waals surface area contributed by atoms with Crippen LogP contribution in [0, 0.1) is 0 Å².